The summed E-state index contributed by atoms with van der Waals surface area (Å²) in [6.07, 6.45) is 3.87. The van der Waals surface area contributed by atoms with Crippen LogP contribution in [0.3, 0.4) is 0 Å². The van der Waals surface area contributed by atoms with Crippen molar-refractivity contribution in [2.45, 2.75) is 6.42 Å². The summed E-state index contributed by atoms with van der Waals surface area (Å²) in [7, 11) is 0.500. The summed E-state index contributed by atoms with van der Waals surface area (Å²) in [5.41, 5.74) is 3.07. The standard InChI is InChI=1S/C23H21BrCl2N6O4.CH3F/c24-14-10-16(25)21(34)17(11-14)29-22(35)15-3-2-13(20(33)19(15)26)12-28-31-23-27-5-4-18(30-23)32-6-1-8-36-9-7-32;1-2/h2-5,10-12,33-34H,1,6-9H2,(H,29,35)(H,27,30,31);1H3/b28-12-;. The van der Waals surface area contributed by atoms with Crippen molar-refractivity contribution in [3.05, 3.63) is 62.2 Å². The Labute approximate surface area is 236 Å². The van der Waals surface area contributed by atoms with Crippen LogP contribution in [0.2, 0.25) is 10.0 Å². The normalized spacial score (nSPS) is 13.4. The third-order valence-electron chi connectivity index (χ3n) is 5.22. The maximum absolute atomic E-state index is 12.7. The third-order valence-corrected chi connectivity index (χ3v) is 6.35. The molecule has 1 amide bonds. The monoisotopic (exact) mass is 628 g/mol. The number of hydrogen-bond acceptors (Lipinski definition) is 9. The average Bonchev–Trinajstić information content (AvgIpc) is 3.20. The molecule has 3 aromatic rings. The molecule has 14 heteroatoms. The number of anilines is 3. The van der Waals surface area contributed by atoms with Gasteiger partial charge in [-0.25, -0.2) is 10.4 Å². The molecular weight excluding hydrogens is 606 g/mol. The van der Waals surface area contributed by atoms with Gasteiger partial charge in [-0.1, -0.05) is 39.1 Å². The van der Waals surface area contributed by atoms with E-state index in [9.17, 15) is 19.4 Å². The fraction of sp³-hybridized carbons (Fsp3) is 0.250. The lowest BCUT2D eigenvalue weighted by atomic mass is 10.1. The Hall–Kier alpha value is -3.19. The molecule has 1 saturated heterocycles. The topological polar surface area (TPSA) is 132 Å². The summed E-state index contributed by atoms with van der Waals surface area (Å²) in [5.74, 6) is -0.245. The molecule has 1 aliphatic heterocycles. The van der Waals surface area contributed by atoms with Gasteiger partial charge in [-0.2, -0.15) is 10.1 Å². The molecule has 0 unspecified atom stereocenters. The van der Waals surface area contributed by atoms with E-state index in [4.69, 9.17) is 27.9 Å². The fourth-order valence-corrected chi connectivity index (χ4v) is 4.49. The predicted octanol–water partition coefficient (Wildman–Crippen LogP) is 5.47. The second kappa shape index (κ2) is 14.1. The first-order valence-electron chi connectivity index (χ1n) is 11.2. The van der Waals surface area contributed by atoms with Crippen LogP contribution >= 0.6 is 39.1 Å². The molecule has 4 N–H and O–H groups in total. The number of nitrogens with one attached hydrogen (secondary N) is 2. The van der Waals surface area contributed by atoms with Gasteiger partial charge in [-0.05, 0) is 36.8 Å². The summed E-state index contributed by atoms with van der Waals surface area (Å²) in [6.45, 7) is 2.93. The van der Waals surface area contributed by atoms with E-state index in [0.29, 0.717) is 18.3 Å². The first kappa shape index (κ1) is 29.4. The van der Waals surface area contributed by atoms with Crippen LogP contribution in [-0.4, -0.2) is 65.8 Å². The van der Waals surface area contributed by atoms with E-state index in [0.717, 1.165) is 31.9 Å². The van der Waals surface area contributed by atoms with Crippen LogP contribution in [0.1, 0.15) is 22.3 Å². The lowest BCUT2D eigenvalue weighted by Crippen LogP contribution is -2.27. The molecule has 10 nitrogen and oxygen atoms in total. The van der Waals surface area contributed by atoms with Crippen LogP contribution in [0.5, 0.6) is 11.5 Å². The number of carbonyl (C=O) groups is 1. The minimum Gasteiger partial charge on any atom is -0.506 e. The van der Waals surface area contributed by atoms with E-state index in [-0.39, 0.29) is 44.3 Å². The highest BCUT2D eigenvalue weighted by Crippen LogP contribution is 2.36. The Kier molecular flexibility index (Phi) is 10.9. The third kappa shape index (κ3) is 7.44. The summed E-state index contributed by atoms with van der Waals surface area (Å²) >= 11 is 15.4. The van der Waals surface area contributed by atoms with Gasteiger partial charge in [-0.15, -0.1) is 0 Å². The summed E-state index contributed by atoms with van der Waals surface area (Å²) in [6, 6.07) is 7.69. The number of rotatable bonds is 6. The van der Waals surface area contributed by atoms with Gasteiger partial charge < -0.3 is 25.2 Å². The number of aromatic nitrogens is 2. The first-order chi connectivity index (χ1) is 18.3. The number of amides is 1. The molecule has 0 aliphatic carbocycles. The zero-order valence-electron chi connectivity index (χ0n) is 20.1. The van der Waals surface area contributed by atoms with Crippen LogP contribution in [-0.2, 0) is 4.74 Å². The van der Waals surface area contributed by atoms with Gasteiger partial charge in [0, 0.05) is 35.9 Å². The molecule has 38 heavy (non-hydrogen) atoms. The molecule has 2 aromatic carbocycles. The van der Waals surface area contributed by atoms with Crippen molar-refractivity contribution < 1.29 is 24.1 Å². The van der Waals surface area contributed by atoms with E-state index in [1.165, 1.54) is 30.5 Å². The highest BCUT2D eigenvalue weighted by Gasteiger charge is 2.18. The van der Waals surface area contributed by atoms with Crippen LogP contribution < -0.4 is 15.6 Å². The fourth-order valence-electron chi connectivity index (χ4n) is 3.42. The van der Waals surface area contributed by atoms with Gasteiger partial charge in [-0.3, -0.25) is 9.18 Å². The highest BCUT2D eigenvalue weighted by molar-refractivity contribution is 9.10. The summed E-state index contributed by atoms with van der Waals surface area (Å²) in [4.78, 5) is 23.4. The van der Waals surface area contributed by atoms with E-state index in [2.05, 4.69) is 46.6 Å². The molecule has 1 fully saturated rings. The molecule has 1 aliphatic rings. The number of aromatic hydroxyl groups is 2. The number of hydrogen-bond donors (Lipinski definition) is 4. The Balaban J connectivity index is 0.00000195. The van der Waals surface area contributed by atoms with Crippen molar-refractivity contribution in [2.24, 2.45) is 5.10 Å². The quantitative estimate of drug-likeness (QED) is 0.160. The maximum Gasteiger partial charge on any atom is 0.257 e. The number of phenolic OH excluding ortho intramolecular Hbond substituents is 2. The number of alkyl halides is 1. The van der Waals surface area contributed by atoms with Crippen LogP contribution in [0.4, 0.5) is 21.8 Å². The van der Waals surface area contributed by atoms with E-state index in [1.54, 1.807) is 6.20 Å². The van der Waals surface area contributed by atoms with Crippen molar-refractivity contribution in [1.82, 2.24) is 9.97 Å². The number of ether oxygens (including phenoxy) is 1. The van der Waals surface area contributed by atoms with Crippen LogP contribution in [0.25, 0.3) is 0 Å². The lowest BCUT2D eigenvalue weighted by molar-refractivity contribution is 0.102. The minimum absolute atomic E-state index is 0.00719. The molecule has 0 saturated carbocycles. The van der Waals surface area contributed by atoms with Crippen molar-refractivity contribution in [3.8, 4) is 11.5 Å². The minimum atomic E-state index is -0.648. The van der Waals surface area contributed by atoms with Gasteiger partial charge in [0.05, 0.1) is 41.3 Å². The number of hydrazone groups is 1. The zero-order valence-corrected chi connectivity index (χ0v) is 23.2. The van der Waals surface area contributed by atoms with Crippen molar-refractivity contribution in [3.63, 3.8) is 0 Å². The number of phenols is 2. The van der Waals surface area contributed by atoms with Crippen molar-refractivity contribution >= 4 is 68.7 Å². The zero-order chi connectivity index (χ0) is 27.7. The van der Waals surface area contributed by atoms with Gasteiger partial charge in [0.15, 0.2) is 5.75 Å². The predicted molar refractivity (Wildman–Crippen MR) is 150 cm³/mol. The van der Waals surface area contributed by atoms with E-state index >= 15 is 0 Å². The largest absolute Gasteiger partial charge is 0.506 e. The SMILES string of the molecule is CF.O=C(Nc1cc(Br)cc(Cl)c1O)c1ccc(/C=N\Nc2nccc(N3CCCOCC3)n2)c(O)c1Cl. The van der Waals surface area contributed by atoms with Crippen LogP contribution in [0.15, 0.2) is 46.1 Å². The number of nitrogens with zero attached hydrogens (tertiary/aromatic N) is 4. The molecule has 0 spiro atoms. The molecule has 1 aromatic heterocycles. The summed E-state index contributed by atoms with van der Waals surface area (Å²) in [5, 5.41) is 27.1. The van der Waals surface area contributed by atoms with Gasteiger partial charge >= 0.3 is 0 Å². The smallest absolute Gasteiger partial charge is 0.257 e. The van der Waals surface area contributed by atoms with Gasteiger partial charge in [0.25, 0.3) is 5.91 Å². The van der Waals surface area contributed by atoms with E-state index in [1.807, 2.05) is 6.07 Å². The van der Waals surface area contributed by atoms with Crippen LogP contribution in [0, 0.1) is 0 Å². The molecule has 2 heterocycles. The molecule has 4 rings (SSSR count). The second-order valence-electron chi connectivity index (χ2n) is 7.66. The van der Waals surface area contributed by atoms with Crippen molar-refractivity contribution in [2.75, 3.05) is 49.1 Å². The van der Waals surface area contributed by atoms with Gasteiger partial charge in [0.1, 0.15) is 11.6 Å². The second-order valence-corrected chi connectivity index (χ2v) is 9.37. The van der Waals surface area contributed by atoms with E-state index < -0.39 is 5.91 Å². The molecule has 0 radical (unpaired) electrons. The molecule has 202 valence electrons. The van der Waals surface area contributed by atoms with Crippen molar-refractivity contribution in [1.29, 1.82) is 0 Å². The number of carbonyl (C=O) groups excluding carboxylic acids is 1. The number of benzene rings is 2. The molecule has 0 atom stereocenters. The summed E-state index contributed by atoms with van der Waals surface area (Å²) < 4.78 is 15.5. The maximum atomic E-state index is 12.7. The average molecular weight is 630 g/mol. The Morgan fingerprint density at radius 1 is 1.18 bits per heavy atom. The highest BCUT2D eigenvalue weighted by atomic mass is 79.9. The Morgan fingerprint density at radius 3 is 2.76 bits per heavy atom. The molecule has 0 bridgehead atoms. The Morgan fingerprint density at radius 2 is 1.97 bits per heavy atom. The lowest BCUT2D eigenvalue weighted by Gasteiger charge is -2.20. The van der Waals surface area contributed by atoms with Gasteiger partial charge in [0.2, 0.25) is 5.95 Å². The number of halogens is 4. The molecular formula is C24H24BrCl2FN6O4. The first-order valence-corrected chi connectivity index (χ1v) is 12.7. The Bertz CT molecular complexity index is 1310.